The Morgan fingerprint density at radius 3 is 2.84 bits per heavy atom. The van der Waals surface area contributed by atoms with Crippen LogP contribution in [-0.2, 0) is 17.9 Å². The molecule has 19 heavy (non-hydrogen) atoms. The Morgan fingerprint density at radius 2 is 2.11 bits per heavy atom. The van der Waals surface area contributed by atoms with Gasteiger partial charge in [-0.25, -0.2) is 4.98 Å². The van der Waals surface area contributed by atoms with Crippen LogP contribution in [0.25, 0.3) is 0 Å². The molecule has 2 aromatic rings. The van der Waals surface area contributed by atoms with Crippen LogP contribution >= 0.6 is 27.5 Å². The molecule has 0 aliphatic carbocycles. The van der Waals surface area contributed by atoms with Crippen LogP contribution < -0.4 is 5.32 Å². The van der Waals surface area contributed by atoms with E-state index in [1.807, 2.05) is 18.2 Å². The number of nitrogens with one attached hydrogen (secondary N) is 1. The summed E-state index contributed by atoms with van der Waals surface area (Å²) < 4.78 is 5.91. The lowest BCUT2D eigenvalue weighted by Gasteiger charge is -2.08. The molecule has 0 spiro atoms. The van der Waals surface area contributed by atoms with E-state index < -0.39 is 0 Å². The minimum absolute atomic E-state index is 0.465. The molecule has 0 aliphatic heterocycles. The van der Waals surface area contributed by atoms with E-state index in [2.05, 4.69) is 38.4 Å². The number of nitrogens with zero attached hydrogens (tertiary/aromatic N) is 1. The number of anilines is 1. The topological polar surface area (TPSA) is 34.1 Å². The summed E-state index contributed by atoms with van der Waals surface area (Å²) in [4.78, 5) is 4.07. The molecule has 5 heteroatoms. The van der Waals surface area contributed by atoms with Crippen LogP contribution in [0, 0.1) is 0 Å². The summed E-state index contributed by atoms with van der Waals surface area (Å²) in [6.45, 7) is 1.36. The van der Waals surface area contributed by atoms with E-state index >= 15 is 0 Å². The molecule has 0 bridgehead atoms. The van der Waals surface area contributed by atoms with Crippen molar-refractivity contribution < 1.29 is 4.74 Å². The monoisotopic (exact) mass is 340 g/mol. The number of hydrogen-bond acceptors (Lipinski definition) is 3. The molecule has 1 heterocycles. The first-order valence-electron chi connectivity index (χ1n) is 5.80. The van der Waals surface area contributed by atoms with Gasteiger partial charge in [0.15, 0.2) is 0 Å². The first-order valence-corrected chi connectivity index (χ1v) is 6.98. The third-order valence-electron chi connectivity index (χ3n) is 2.60. The van der Waals surface area contributed by atoms with Crippen LogP contribution in [0.5, 0.6) is 0 Å². The fourth-order valence-electron chi connectivity index (χ4n) is 1.72. The van der Waals surface area contributed by atoms with E-state index in [1.54, 1.807) is 13.3 Å². The Hall–Kier alpha value is -1.10. The van der Waals surface area contributed by atoms with Crippen molar-refractivity contribution in [1.82, 2.24) is 4.98 Å². The van der Waals surface area contributed by atoms with Gasteiger partial charge in [0.05, 0.1) is 23.0 Å². The highest BCUT2D eigenvalue weighted by molar-refractivity contribution is 9.10. The maximum absolute atomic E-state index is 5.85. The largest absolute Gasteiger partial charge is 0.380 e. The molecule has 0 saturated heterocycles. The summed E-state index contributed by atoms with van der Waals surface area (Å²) >= 11 is 9.21. The third-order valence-corrected chi connectivity index (χ3v) is 3.73. The van der Waals surface area contributed by atoms with E-state index in [0.717, 1.165) is 22.3 Å². The molecule has 0 saturated carbocycles. The molecule has 0 amide bonds. The lowest BCUT2D eigenvalue weighted by atomic mass is 10.1. The zero-order valence-corrected chi connectivity index (χ0v) is 12.8. The lowest BCUT2D eigenvalue weighted by molar-refractivity contribution is 0.185. The van der Waals surface area contributed by atoms with Crippen molar-refractivity contribution in [3.05, 3.63) is 57.3 Å². The van der Waals surface area contributed by atoms with Gasteiger partial charge in [0, 0.05) is 13.7 Å². The number of hydrogen-bond donors (Lipinski definition) is 1. The standard InChI is InChI=1S/C14H14BrClN2O/c1-19-9-11-4-2-3-10(5-11)7-17-12-6-13(15)14(16)18-8-12/h2-6,8,17H,7,9H2,1H3. The Labute approximate surface area is 126 Å². The third kappa shape index (κ3) is 4.20. The quantitative estimate of drug-likeness (QED) is 0.825. The Balaban J connectivity index is 2.01. The number of rotatable bonds is 5. The van der Waals surface area contributed by atoms with Crippen LogP contribution in [0.2, 0.25) is 5.15 Å². The summed E-state index contributed by atoms with van der Waals surface area (Å²) in [7, 11) is 1.70. The zero-order chi connectivity index (χ0) is 13.7. The number of ether oxygens (including phenoxy) is 1. The summed E-state index contributed by atoms with van der Waals surface area (Å²) in [5, 5.41) is 3.77. The molecule has 3 nitrogen and oxygen atoms in total. The minimum atomic E-state index is 0.465. The maximum Gasteiger partial charge on any atom is 0.143 e. The molecule has 0 fully saturated rings. The highest BCUT2D eigenvalue weighted by atomic mass is 79.9. The van der Waals surface area contributed by atoms with Crippen LogP contribution in [0.3, 0.4) is 0 Å². The fraction of sp³-hybridized carbons (Fsp3) is 0.214. The van der Waals surface area contributed by atoms with Crippen molar-refractivity contribution in [3.8, 4) is 0 Å². The predicted molar refractivity (Wildman–Crippen MR) is 81.4 cm³/mol. The number of methoxy groups -OCH3 is 1. The van der Waals surface area contributed by atoms with Gasteiger partial charge in [0.1, 0.15) is 5.15 Å². The number of benzene rings is 1. The summed E-state index contributed by atoms with van der Waals surface area (Å²) in [5.41, 5.74) is 3.28. The molecule has 1 aromatic heterocycles. The second-order valence-corrected chi connectivity index (χ2v) is 5.32. The summed E-state index contributed by atoms with van der Waals surface area (Å²) in [6.07, 6.45) is 1.71. The van der Waals surface area contributed by atoms with Crippen LogP contribution in [-0.4, -0.2) is 12.1 Å². The van der Waals surface area contributed by atoms with Gasteiger partial charge in [-0.05, 0) is 33.1 Å². The number of halogens is 2. The smallest absolute Gasteiger partial charge is 0.143 e. The van der Waals surface area contributed by atoms with Crippen molar-refractivity contribution in [2.75, 3.05) is 12.4 Å². The van der Waals surface area contributed by atoms with E-state index in [1.165, 1.54) is 5.56 Å². The SMILES string of the molecule is COCc1cccc(CNc2cnc(Cl)c(Br)c2)c1. The average Bonchev–Trinajstić information content (AvgIpc) is 2.41. The normalized spacial score (nSPS) is 10.5. The Kier molecular flexibility index (Phi) is 5.19. The van der Waals surface area contributed by atoms with E-state index in [-0.39, 0.29) is 0 Å². The Morgan fingerprint density at radius 1 is 1.32 bits per heavy atom. The van der Waals surface area contributed by atoms with Crippen molar-refractivity contribution in [3.63, 3.8) is 0 Å². The average molecular weight is 342 g/mol. The molecule has 1 aromatic carbocycles. The van der Waals surface area contributed by atoms with Gasteiger partial charge in [-0.3, -0.25) is 0 Å². The lowest BCUT2D eigenvalue weighted by Crippen LogP contribution is -2.01. The first-order chi connectivity index (χ1) is 9.19. The maximum atomic E-state index is 5.85. The van der Waals surface area contributed by atoms with Gasteiger partial charge < -0.3 is 10.1 Å². The van der Waals surface area contributed by atoms with Gasteiger partial charge in [-0.15, -0.1) is 0 Å². The molecule has 0 unspecified atom stereocenters. The zero-order valence-electron chi connectivity index (χ0n) is 10.5. The van der Waals surface area contributed by atoms with Crippen LogP contribution in [0.4, 0.5) is 5.69 Å². The molecule has 2 rings (SSSR count). The summed E-state index contributed by atoms with van der Waals surface area (Å²) in [5.74, 6) is 0. The van der Waals surface area contributed by atoms with Crippen molar-refractivity contribution in [1.29, 1.82) is 0 Å². The number of aromatic nitrogens is 1. The second kappa shape index (κ2) is 6.89. The molecular weight excluding hydrogens is 328 g/mol. The predicted octanol–water partition coefficient (Wildman–Crippen LogP) is 4.26. The first kappa shape index (κ1) is 14.3. The highest BCUT2D eigenvalue weighted by Crippen LogP contribution is 2.23. The van der Waals surface area contributed by atoms with E-state index in [9.17, 15) is 0 Å². The van der Waals surface area contributed by atoms with Crippen molar-refractivity contribution >= 4 is 33.2 Å². The van der Waals surface area contributed by atoms with Crippen molar-refractivity contribution in [2.45, 2.75) is 13.2 Å². The van der Waals surface area contributed by atoms with Gasteiger partial charge >= 0.3 is 0 Å². The minimum Gasteiger partial charge on any atom is -0.380 e. The second-order valence-electron chi connectivity index (χ2n) is 4.10. The number of pyridine rings is 1. The fourth-order valence-corrected chi connectivity index (χ4v) is 2.17. The summed E-state index contributed by atoms with van der Waals surface area (Å²) in [6, 6.07) is 10.2. The molecule has 100 valence electrons. The van der Waals surface area contributed by atoms with Crippen LogP contribution in [0.15, 0.2) is 41.0 Å². The molecule has 0 radical (unpaired) electrons. The van der Waals surface area contributed by atoms with Gasteiger partial charge in [-0.2, -0.15) is 0 Å². The van der Waals surface area contributed by atoms with E-state index in [4.69, 9.17) is 16.3 Å². The van der Waals surface area contributed by atoms with Gasteiger partial charge in [-0.1, -0.05) is 35.9 Å². The van der Waals surface area contributed by atoms with E-state index in [0.29, 0.717) is 11.8 Å². The Bertz CT molecular complexity index is 563. The van der Waals surface area contributed by atoms with Crippen LogP contribution in [0.1, 0.15) is 11.1 Å². The highest BCUT2D eigenvalue weighted by Gasteiger charge is 2.01. The van der Waals surface area contributed by atoms with Crippen molar-refractivity contribution in [2.24, 2.45) is 0 Å². The van der Waals surface area contributed by atoms with Gasteiger partial charge in [0.25, 0.3) is 0 Å². The molecular formula is C14H14BrClN2O. The van der Waals surface area contributed by atoms with Gasteiger partial charge in [0.2, 0.25) is 0 Å². The molecule has 0 aliphatic rings. The molecule has 1 N–H and O–H groups in total. The molecule has 0 atom stereocenters.